The molecule has 2 aromatic rings. The van der Waals surface area contributed by atoms with Crippen LogP contribution in [-0.2, 0) is 16.1 Å². The van der Waals surface area contributed by atoms with Crippen LogP contribution in [0.15, 0.2) is 24.4 Å². The van der Waals surface area contributed by atoms with E-state index >= 15 is 0 Å². The van der Waals surface area contributed by atoms with Crippen LogP contribution in [-0.4, -0.2) is 22.9 Å². The van der Waals surface area contributed by atoms with Crippen LogP contribution in [0.5, 0.6) is 0 Å². The van der Waals surface area contributed by atoms with Crippen LogP contribution in [0.4, 0.5) is 4.39 Å². The number of fused-ring (bicyclic) bond motifs is 1. The van der Waals surface area contributed by atoms with Crippen LogP contribution >= 0.6 is 0 Å². The van der Waals surface area contributed by atoms with Crippen LogP contribution in [0, 0.1) is 17.7 Å². The number of esters is 1. The quantitative estimate of drug-likeness (QED) is 0.816. The molecule has 1 aromatic heterocycles. The predicted octanol–water partition coefficient (Wildman–Crippen LogP) is 3.15. The minimum absolute atomic E-state index is 0.0528. The highest BCUT2D eigenvalue weighted by atomic mass is 19.1. The Morgan fingerprint density at radius 1 is 1.38 bits per heavy atom. The van der Waals surface area contributed by atoms with Crippen molar-refractivity contribution in [2.45, 2.75) is 32.2 Å². The second-order valence-electron chi connectivity index (χ2n) is 5.80. The van der Waals surface area contributed by atoms with Gasteiger partial charge in [-0.2, -0.15) is 5.10 Å². The third-order valence-corrected chi connectivity index (χ3v) is 4.34. The zero-order valence-electron chi connectivity index (χ0n) is 12.1. The van der Waals surface area contributed by atoms with E-state index in [0.29, 0.717) is 5.92 Å². The van der Waals surface area contributed by atoms with Gasteiger partial charge in [0.2, 0.25) is 0 Å². The number of carbonyl (C=O) groups is 1. The molecular formula is C16H19FN2O2. The van der Waals surface area contributed by atoms with E-state index in [9.17, 15) is 9.18 Å². The lowest BCUT2D eigenvalue weighted by molar-refractivity contribution is -0.146. The number of carbonyl (C=O) groups excluding carboxylic acids is 1. The van der Waals surface area contributed by atoms with Crippen molar-refractivity contribution in [3.05, 3.63) is 30.2 Å². The molecule has 4 nitrogen and oxygen atoms in total. The van der Waals surface area contributed by atoms with E-state index in [-0.39, 0.29) is 17.7 Å². The molecule has 0 amide bonds. The normalized spacial score (nSPS) is 22.4. The van der Waals surface area contributed by atoms with Crippen LogP contribution in [0.25, 0.3) is 10.9 Å². The highest BCUT2D eigenvalue weighted by molar-refractivity contribution is 5.77. The van der Waals surface area contributed by atoms with E-state index < -0.39 is 0 Å². The average molecular weight is 290 g/mol. The number of nitrogens with zero attached hydrogens (tertiary/aromatic N) is 2. The fraction of sp³-hybridized carbons (Fsp3) is 0.500. The van der Waals surface area contributed by atoms with Gasteiger partial charge in [-0.15, -0.1) is 0 Å². The lowest BCUT2D eigenvalue weighted by Gasteiger charge is -2.26. The molecule has 3 rings (SSSR count). The molecule has 0 N–H and O–H groups in total. The van der Waals surface area contributed by atoms with Gasteiger partial charge < -0.3 is 4.74 Å². The van der Waals surface area contributed by atoms with Crippen molar-refractivity contribution in [1.82, 2.24) is 9.78 Å². The van der Waals surface area contributed by atoms with Crippen molar-refractivity contribution in [2.24, 2.45) is 11.8 Å². The van der Waals surface area contributed by atoms with Crippen molar-refractivity contribution in [3.63, 3.8) is 0 Å². The number of halogens is 1. The molecule has 5 heteroatoms. The van der Waals surface area contributed by atoms with Crippen molar-refractivity contribution in [1.29, 1.82) is 0 Å². The standard InChI is InChI=1S/C16H19FN2O2/c1-21-16(20)12-4-2-11(3-5-12)9-19-10-13-8-14(17)6-7-15(13)18-19/h6-8,10-12H,2-5,9H2,1H3. The van der Waals surface area contributed by atoms with Crippen molar-refractivity contribution in [3.8, 4) is 0 Å². The fourth-order valence-electron chi connectivity index (χ4n) is 3.15. The number of aromatic nitrogens is 2. The molecule has 0 unspecified atom stereocenters. The Bertz CT molecular complexity index is 645. The average Bonchev–Trinajstić information content (AvgIpc) is 2.88. The summed E-state index contributed by atoms with van der Waals surface area (Å²) in [5.74, 6) is 0.247. The van der Waals surface area contributed by atoms with Crippen LogP contribution in [0.2, 0.25) is 0 Å². The molecule has 112 valence electrons. The van der Waals surface area contributed by atoms with Gasteiger partial charge in [0.25, 0.3) is 0 Å². The Balaban J connectivity index is 1.63. The summed E-state index contributed by atoms with van der Waals surface area (Å²) in [6, 6.07) is 4.64. The van der Waals surface area contributed by atoms with Gasteiger partial charge in [-0.25, -0.2) is 4.39 Å². The van der Waals surface area contributed by atoms with E-state index in [1.807, 2.05) is 10.9 Å². The molecule has 1 aliphatic rings. The largest absolute Gasteiger partial charge is 0.469 e. The maximum atomic E-state index is 13.2. The van der Waals surface area contributed by atoms with Crippen molar-refractivity contribution >= 4 is 16.9 Å². The molecule has 0 radical (unpaired) electrons. The van der Waals surface area contributed by atoms with E-state index in [1.165, 1.54) is 19.2 Å². The number of methoxy groups -OCH3 is 1. The summed E-state index contributed by atoms with van der Waals surface area (Å²) in [6.07, 6.45) is 5.67. The number of ether oxygens (including phenoxy) is 1. The molecule has 0 saturated heterocycles. The molecule has 0 atom stereocenters. The summed E-state index contributed by atoms with van der Waals surface area (Å²) in [5, 5.41) is 5.31. The fourth-order valence-corrected chi connectivity index (χ4v) is 3.15. The Kier molecular flexibility index (Phi) is 3.90. The van der Waals surface area contributed by atoms with E-state index in [2.05, 4.69) is 5.10 Å². The zero-order valence-corrected chi connectivity index (χ0v) is 12.1. The van der Waals surface area contributed by atoms with E-state index in [0.717, 1.165) is 43.1 Å². The van der Waals surface area contributed by atoms with Gasteiger partial charge >= 0.3 is 5.97 Å². The molecule has 21 heavy (non-hydrogen) atoms. The van der Waals surface area contributed by atoms with E-state index in [4.69, 9.17) is 4.74 Å². The molecule has 1 saturated carbocycles. The lowest BCUT2D eigenvalue weighted by Crippen LogP contribution is -2.25. The van der Waals surface area contributed by atoms with Crippen LogP contribution < -0.4 is 0 Å². The number of hydrogen-bond acceptors (Lipinski definition) is 3. The summed E-state index contributed by atoms with van der Waals surface area (Å²) >= 11 is 0. The minimum atomic E-state index is -0.236. The highest BCUT2D eigenvalue weighted by Gasteiger charge is 2.27. The van der Waals surface area contributed by atoms with Crippen LogP contribution in [0.1, 0.15) is 25.7 Å². The predicted molar refractivity (Wildman–Crippen MR) is 77.2 cm³/mol. The summed E-state index contributed by atoms with van der Waals surface area (Å²) in [6.45, 7) is 0.824. The van der Waals surface area contributed by atoms with Gasteiger partial charge in [-0.05, 0) is 49.8 Å². The Hall–Kier alpha value is -1.91. The summed E-state index contributed by atoms with van der Waals surface area (Å²) in [7, 11) is 1.45. The first-order valence-corrected chi connectivity index (χ1v) is 7.36. The third kappa shape index (κ3) is 3.06. The maximum absolute atomic E-state index is 13.2. The van der Waals surface area contributed by atoms with E-state index in [1.54, 1.807) is 6.07 Å². The number of rotatable bonds is 3. The first-order chi connectivity index (χ1) is 10.2. The molecular weight excluding hydrogens is 271 g/mol. The molecule has 0 aliphatic heterocycles. The summed E-state index contributed by atoms with van der Waals surface area (Å²) in [5.41, 5.74) is 0.819. The Morgan fingerprint density at radius 3 is 2.86 bits per heavy atom. The number of hydrogen-bond donors (Lipinski definition) is 0. The zero-order chi connectivity index (χ0) is 14.8. The molecule has 1 fully saturated rings. The second-order valence-corrected chi connectivity index (χ2v) is 5.80. The lowest BCUT2D eigenvalue weighted by atomic mass is 9.82. The third-order valence-electron chi connectivity index (χ3n) is 4.34. The van der Waals surface area contributed by atoms with Gasteiger partial charge in [0.1, 0.15) is 5.82 Å². The highest BCUT2D eigenvalue weighted by Crippen LogP contribution is 2.30. The molecule has 0 bridgehead atoms. The molecule has 1 heterocycles. The summed E-state index contributed by atoms with van der Waals surface area (Å²) in [4.78, 5) is 11.5. The van der Waals surface area contributed by atoms with Crippen molar-refractivity contribution < 1.29 is 13.9 Å². The van der Waals surface area contributed by atoms with Crippen LogP contribution in [0.3, 0.4) is 0 Å². The first kappa shape index (κ1) is 14.0. The first-order valence-electron chi connectivity index (χ1n) is 7.36. The van der Waals surface area contributed by atoms with Crippen molar-refractivity contribution in [2.75, 3.05) is 7.11 Å². The molecule has 0 spiro atoms. The monoisotopic (exact) mass is 290 g/mol. The second kappa shape index (κ2) is 5.84. The number of benzene rings is 1. The Labute approximate surface area is 122 Å². The minimum Gasteiger partial charge on any atom is -0.469 e. The van der Waals surface area contributed by atoms with Gasteiger partial charge in [0, 0.05) is 18.1 Å². The maximum Gasteiger partial charge on any atom is 0.308 e. The van der Waals surface area contributed by atoms with Gasteiger partial charge in [-0.3, -0.25) is 9.48 Å². The van der Waals surface area contributed by atoms with Gasteiger partial charge in [0.05, 0.1) is 18.5 Å². The molecule has 1 aromatic carbocycles. The smallest absolute Gasteiger partial charge is 0.308 e. The Morgan fingerprint density at radius 2 is 2.14 bits per heavy atom. The molecule has 1 aliphatic carbocycles. The summed E-state index contributed by atoms with van der Waals surface area (Å²) < 4.78 is 19.9. The van der Waals surface area contributed by atoms with Gasteiger partial charge in [0.15, 0.2) is 0 Å². The topological polar surface area (TPSA) is 44.1 Å². The van der Waals surface area contributed by atoms with Gasteiger partial charge in [-0.1, -0.05) is 0 Å². The SMILES string of the molecule is COC(=O)C1CCC(Cn2cc3cc(F)ccc3n2)CC1.